The van der Waals surface area contributed by atoms with Gasteiger partial charge in [0.15, 0.2) is 0 Å². The highest BCUT2D eigenvalue weighted by Gasteiger charge is 2.38. The predicted molar refractivity (Wildman–Crippen MR) is 81.0 cm³/mol. The molecule has 3 nitrogen and oxygen atoms in total. The first-order valence-corrected chi connectivity index (χ1v) is 7.50. The molecular weight excluding hydrogens is 250 g/mol. The minimum atomic E-state index is 0.0334. The van der Waals surface area contributed by atoms with Gasteiger partial charge in [-0.05, 0) is 18.9 Å². The highest BCUT2D eigenvalue weighted by Crippen LogP contribution is 2.44. The first-order chi connectivity index (χ1) is 9.59. The lowest BCUT2D eigenvalue weighted by Gasteiger charge is -2.31. The number of amides is 1. The van der Waals surface area contributed by atoms with Crippen LogP contribution in [0.4, 0.5) is 0 Å². The number of carbonyl (C=O) groups excluding carboxylic acids is 1. The van der Waals surface area contributed by atoms with Crippen LogP contribution in [-0.2, 0) is 10.2 Å². The Morgan fingerprint density at radius 3 is 2.55 bits per heavy atom. The summed E-state index contributed by atoms with van der Waals surface area (Å²) in [5.41, 5.74) is 1.28. The average Bonchev–Trinajstić information content (AvgIpc) is 2.94. The van der Waals surface area contributed by atoms with Crippen molar-refractivity contribution < 1.29 is 9.53 Å². The standard InChI is InChI=1S/C17H25NO2/c1-13(2)16(19)18-12-17(10-6-7-11-17)14-8-4-5-9-15(14)20-3/h4-5,8-9,13H,6-7,10-12H2,1-3H3,(H,18,19). The number of methoxy groups -OCH3 is 1. The molecule has 1 saturated carbocycles. The third-order valence-electron chi connectivity index (χ3n) is 4.36. The van der Waals surface area contributed by atoms with Gasteiger partial charge in [-0.3, -0.25) is 4.79 Å². The van der Waals surface area contributed by atoms with Crippen molar-refractivity contribution in [2.45, 2.75) is 44.9 Å². The Labute approximate surface area is 121 Å². The number of benzene rings is 1. The molecule has 0 spiro atoms. The predicted octanol–water partition coefficient (Wildman–Crippen LogP) is 3.28. The third-order valence-corrected chi connectivity index (χ3v) is 4.36. The van der Waals surface area contributed by atoms with E-state index in [4.69, 9.17) is 4.74 Å². The Morgan fingerprint density at radius 2 is 1.95 bits per heavy atom. The van der Waals surface area contributed by atoms with Crippen molar-refractivity contribution in [3.63, 3.8) is 0 Å². The van der Waals surface area contributed by atoms with Crippen molar-refractivity contribution in [2.24, 2.45) is 5.92 Å². The van der Waals surface area contributed by atoms with E-state index in [1.807, 2.05) is 26.0 Å². The molecule has 1 N–H and O–H groups in total. The van der Waals surface area contributed by atoms with E-state index < -0.39 is 0 Å². The van der Waals surface area contributed by atoms with Crippen molar-refractivity contribution >= 4 is 5.91 Å². The molecule has 1 aromatic rings. The summed E-state index contributed by atoms with van der Waals surface area (Å²) in [5.74, 6) is 1.10. The smallest absolute Gasteiger partial charge is 0.222 e. The van der Waals surface area contributed by atoms with Crippen LogP contribution in [0.15, 0.2) is 24.3 Å². The van der Waals surface area contributed by atoms with Gasteiger partial charge in [0.05, 0.1) is 7.11 Å². The Morgan fingerprint density at radius 1 is 1.30 bits per heavy atom. The molecule has 110 valence electrons. The van der Waals surface area contributed by atoms with Gasteiger partial charge in [-0.15, -0.1) is 0 Å². The maximum absolute atomic E-state index is 11.9. The summed E-state index contributed by atoms with van der Waals surface area (Å²) in [5, 5.41) is 3.12. The van der Waals surface area contributed by atoms with E-state index in [1.54, 1.807) is 7.11 Å². The summed E-state index contributed by atoms with van der Waals surface area (Å²) in [6.45, 7) is 4.57. The second-order valence-corrected chi connectivity index (χ2v) is 6.06. The Bertz CT molecular complexity index is 462. The molecule has 0 atom stereocenters. The van der Waals surface area contributed by atoms with Crippen LogP contribution in [0.2, 0.25) is 0 Å². The van der Waals surface area contributed by atoms with E-state index in [-0.39, 0.29) is 17.2 Å². The minimum absolute atomic E-state index is 0.0334. The number of ether oxygens (including phenoxy) is 1. The number of hydrogen-bond donors (Lipinski definition) is 1. The zero-order valence-corrected chi connectivity index (χ0v) is 12.7. The molecular formula is C17H25NO2. The van der Waals surface area contributed by atoms with Crippen LogP contribution >= 0.6 is 0 Å². The molecule has 0 aliphatic heterocycles. The van der Waals surface area contributed by atoms with Crippen molar-refractivity contribution in [2.75, 3.05) is 13.7 Å². The van der Waals surface area contributed by atoms with Crippen molar-refractivity contribution in [3.05, 3.63) is 29.8 Å². The van der Waals surface area contributed by atoms with Crippen molar-refractivity contribution in [1.82, 2.24) is 5.32 Å². The molecule has 0 heterocycles. The van der Waals surface area contributed by atoms with Gasteiger partial charge in [0.1, 0.15) is 5.75 Å². The fraction of sp³-hybridized carbons (Fsp3) is 0.588. The summed E-state index contributed by atoms with van der Waals surface area (Å²) in [7, 11) is 1.72. The zero-order chi connectivity index (χ0) is 14.6. The molecule has 0 bridgehead atoms. The van der Waals surface area contributed by atoms with Gasteiger partial charge in [-0.25, -0.2) is 0 Å². The largest absolute Gasteiger partial charge is 0.496 e. The number of rotatable bonds is 5. The highest BCUT2D eigenvalue weighted by molar-refractivity contribution is 5.78. The molecule has 0 radical (unpaired) electrons. The normalized spacial score (nSPS) is 17.2. The van der Waals surface area contributed by atoms with Crippen molar-refractivity contribution in [1.29, 1.82) is 0 Å². The topological polar surface area (TPSA) is 38.3 Å². The number of para-hydroxylation sites is 1. The summed E-state index contributed by atoms with van der Waals surface area (Å²) in [4.78, 5) is 11.9. The van der Waals surface area contributed by atoms with E-state index in [2.05, 4.69) is 17.4 Å². The number of nitrogens with one attached hydrogen (secondary N) is 1. The highest BCUT2D eigenvalue weighted by atomic mass is 16.5. The third kappa shape index (κ3) is 2.97. The van der Waals surface area contributed by atoms with Crippen LogP contribution in [0.3, 0.4) is 0 Å². The maximum Gasteiger partial charge on any atom is 0.222 e. The minimum Gasteiger partial charge on any atom is -0.496 e. The van der Waals surface area contributed by atoms with Crippen LogP contribution in [0, 0.1) is 5.92 Å². The van der Waals surface area contributed by atoms with Gasteiger partial charge in [-0.1, -0.05) is 44.9 Å². The van der Waals surface area contributed by atoms with Gasteiger partial charge >= 0.3 is 0 Å². The zero-order valence-electron chi connectivity index (χ0n) is 12.7. The quantitative estimate of drug-likeness (QED) is 0.895. The lowest BCUT2D eigenvalue weighted by atomic mass is 9.78. The molecule has 1 amide bonds. The Hall–Kier alpha value is -1.51. The van der Waals surface area contributed by atoms with Crippen LogP contribution in [-0.4, -0.2) is 19.6 Å². The van der Waals surface area contributed by atoms with E-state index in [0.29, 0.717) is 6.54 Å². The molecule has 20 heavy (non-hydrogen) atoms. The van der Waals surface area contributed by atoms with Gasteiger partial charge in [0.25, 0.3) is 0 Å². The second-order valence-electron chi connectivity index (χ2n) is 6.06. The molecule has 1 fully saturated rings. The fourth-order valence-electron chi connectivity index (χ4n) is 3.14. The van der Waals surface area contributed by atoms with Crippen LogP contribution in [0.5, 0.6) is 5.75 Å². The first-order valence-electron chi connectivity index (χ1n) is 7.50. The van der Waals surface area contributed by atoms with E-state index >= 15 is 0 Å². The van der Waals surface area contributed by atoms with E-state index in [0.717, 1.165) is 18.6 Å². The summed E-state index contributed by atoms with van der Waals surface area (Å²) >= 11 is 0. The van der Waals surface area contributed by atoms with E-state index in [1.165, 1.54) is 18.4 Å². The summed E-state index contributed by atoms with van der Waals surface area (Å²) in [6.07, 6.45) is 4.67. The van der Waals surface area contributed by atoms with Gasteiger partial charge < -0.3 is 10.1 Å². The molecule has 0 aromatic heterocycles. The molecule has 2 rings (SSSR count). The van der Waals surface area contributed by atoms with Gasteiger partial charge in [-0.2, -0.15) is 0 Å². The van der Waals surface area contributed by atoms with Gasteiger partial charge in [0.2, 0.25) is 5.91 Å². The van der Waals surface area contributed by atoms with Crippen molar-refractivity contribution in [3.8, 4) is 5.75 Å². The monoisotopic (exact) mass is 275 g/mol. The molecule has 1 aromatic carbocycles. The van der Waals surface area contributed by atoms with Crippen LogP contribution < -0.4 is 10.1 Å². The number of hydrogen-bond acceptors (Lipinski definition) is 2. The molecule has 3 heteroatoms. The van der Waals surface area contributed by atoms with Crippen LogP contribution in [0.25, 0.3) is 0 Å². The Balaban J connectivity index is 2.23. The lowest BCUT2D eigenvalue weighted by Crippen LogP contribution is -2.40. The molecule has 1 aliphatic rings. The summed E-state index contributed by atoms with van der Waals surface area (Å²) < 4.78 is 5.52. The fourth-order valence-corrected chi connectivity index (χ4v) is 3.14. The number of carbonyl (C=O) groups is 1. The maximum atomic E-state index is 11.9. The van der Waals surface area contributed by atoms with Gasteiger partial charge in [0, 0.05) is 23.4 Å². The molecule has 0 saturated heterocycles. The first kappa shape index (κ1) is 14.9. The lowest BCUT2D eigenvalue weighted by molar-refractivity contribution is -0.124. The van der Waals surface area contributed by atoms with E-state index in [9.17, 15) is 4.79 Å². The summed E-state index contributed by atoms with van der Waals surface area (Å²) in [6, 6.07) is 8.21. The van der Waals surface area contributed by atoms with Crippen LogP contribution in [0.1, 0.15) is 45.1 Å². The molecule has 1 aliphatic carbocycles. The Kier molecular flexibility index (Phi) is 4.69. The SMILES string of the molecule is COc1ccccc1C1(CNC(=O)C(C)C)CCCC1. The second kappa shape index (κ2) is 6.29. The average molecular weight is 275 g/mol. The molecule has 0 unspecified atom stereocenters.